The molecule has 4 rings (SSSR count). The molecular weight excluding hydrogens is 466 g/mol. The minimum Gasteiger partial charge on any atom is -0.326 e. The van der Waals surface area contributed by atoms with Crippen molar-refractivity contribution >= 4 is 54.8 Å². The highest BCUT2D eigenvalue weighted by molar-refractivity contribution is 7.89. The topological polar surface area (TPSA) is 88.2 Å². The standard InChI is InChI=1S/C23H20ClN3O3S2/c1-15-2-11-20-21(14-15)31-23(27-20)16-3-7-18(8-4-16)26-22(28)12-13-25-32(29,30)19-9-5-17(24)6-10-19/h2-11,14,25H,12-13H2,1H3,(H,26,28). The second-order valence-corrected chi connectivity index (χ2v) is 10.5. The van der Waals surface area contributed by atoms with Crippen LogP contribution in [-0.2, 0) is 14.8 Å². The SMILES string of the molecule is Cc1ccc2nc(-c3ccc(NC(=O)CCNS(=O)(=O)c4ccc(Cl)cc4)cc3)sc2c1. The quantitative estimate of drug-likeness (QED) is 0.375. The molecule has 3 aromatic carbocycles. The number of carbonyl (C=O) groups is 1. The number of fused-ring (bicyclic) bond motifs is 1. The fraction of sp³-hybridized carbons (Fsp3) is 0.130. The van der Waals surface area contributed by atoms with Crippen LogP contribution in [0.5, 0.6) is 0 Å². The lowest BCUT2D eigenvalue weighted by atomic mass is 10.2. The number of rotatable bonds is 7. The summed E-state index contributed by atoms with van der Waals surface area (Å²) in [7, 11) is -3.69. The van der Waals surface area contributed by atoms with Crippen LogP contribution in [0.3, 0.4) is 0 Å². The van der Waals surface area contributed by atoms with E-state index in [2.05, 4.69) is 28.0 Å². The number of aromatic nitrogens is 1. The van der Waals surface area contributed by atoms with Gasteiger partial charge in [0.1, 0.15) is 5.01 Å². The van der Waals surface area contributed by atoms with E-state index in [9.17, 15) is 13.2 Å². The summed E-state index contributed by atoms with van der Waals surface area (Å²) in [5.41, 5.74) is 3.77. The van der Waals surface area contributed by atoms with Gasteiger partial charge in [0.05, 0.1) is 15.1 Å². The molecule has 1 amide bonds. The van der Waals surface area contributed by atoms with Crippen molar-refractivity contribution in [3.05, 3.63) is 77.3 Å². The van der Waals surface area contributed by atoms with E-state index in [1.807, 2.05) is 36.4 Å². The fourth-order valence-corrected chi connectivity index (χ4v) is 5.30. The van der Waals surface area contributed by atoms with E-state index in [4.69, 9.17) is 11.6 Å². The first kappa shape index (κ1) is 22.4. The average Bonchev–Trinajstić information content (AvgIpc) is 3.17. The van der Waals surface area contributed by atoms with E-state index in [1.54, 1.807) is 11.3 Å². The molecule has 0 fully saturated rings. The molecule has 0 saturated heterocycles. The summed E-state index contributed by atoms with van der Waals surface area (Å²) in [6.45, 7) is 2.04. The van der Waals surface area contributed by atoms with Crippen molar-refractivity contribution in [1.29, 1.82) is 0 Å². The molecule has 1 aromatic heterocycles. The van der Waals surface area contributed by atoms with Crippen molar-refractivity contribution in [2.75, 3.05) is 11.9 Å². The molecule has 1 heterocycles. The second kappa shape index (κ2) is 9.38. The Morgan fingerprint density at radius 2 is 1.75 bits per heavy atom. The van der Waals surface area contributed by atoms with Crippen molar-refractivity contribution in [1.82, 2.24) is 9.71 Å². The number of benzene rings is 3. The maximum Gasteiger partial charge on any atom is 0.240 e. The number of nitrogens with zero attached hydrogens (tertiary/aromatic N) is 1. The normalized spacial score (nSPS) is 11.6. The molecule has 9 heteroatoms. The molecule has 2 N–H and O–H groups in total. The smallest absolute Gasteiger partial charge is 0.240 e. The number of anilines is 1. The Labute approximate surface area is 195 Å². The zero-order chi connectivity index (χ0) is 22.7. The molecule has 6 nitrogen and oxygen atoms in total. The molecule has 0 radical (unpaired) electrons. The van der Waals surface area contributed by atoms with Crippen LogP contribution >= 0.6 is 22.9 Å². The lowest BCUT2D eigenvalue weighted by molar-refractivity contribution is -0.116. The van der Waals surface area contributed by atoms with E-state index in [0.29, 0.717) is 10.7 Å². The predicted molar refractivity (Wildman–Crippen MR) is 130 cm³/mol. The Morgan fingerprint density at radius 3 is 2.47 bits per heavy atom. The number of amides is 1. The monoisotopic (exact) mass is 485 g/mol. The number of aryl methyl sites for hydroxylation is 1. The van der Waals surface area contributed by atoms with Gasteiger partial charge in [-0.05, 0) is 73.2 Å². The number of nitrogens with one attached hydrogen (secondary N) is 2. The van der Waals surface area contributed by atoms with Gasteiger partial charge in [-0.3, -0.25) is 4.79 Å². The number of halogens is 1. The molecule has 4 aromatic rings. The average molecular weight is 486 g/mol. The highest BCUT2D eigenvalue weighted by atomic mass is 35.5. The van der Waals surface area contributed by atoms with Gasteiger partial charge >= 0.3 is 0 Å². The van der Waals surface area contributed by atoms with Gasteiger partial charge in [-0.15, -0.1) is 11.3 Å². The summed E-state index contributed by atoms with van der Waals surface area (Å²) in [5, 5.41) is 4.15. The van der Waals surface area contributed by atoms with Gasteiger partial charge < -0.3 is 5.32 Å². The third kappa shape index (κ3) is 5.34. The molecule has 0 aliphatic carbocycles. The lowest BCUT2D eigenvalue weighted by Crippen LogP contribution is -2.27. The zero-order valence-electron chi connectivity index (χ0n) is 17.1. The molecule has 0 aliphatic heterocycles. The minimum absolute atomic E-state index is 0.00575. The van der Waals surface area contributed by atoms with E-state index in [-0.39, 0.29) is 23.8 Å². The molecule has 164 valence electrons. The first-order valence-corrected chi connectivity index (χ1v) is 12.5. The van der Waals surface area contributed by atoms with Crippen molar-refractivity contribution in [2.45, 2.75) is 18.2 Å². The highest BCUT2D eigenvalue weighted by Crippen LogP contribution is 2.31. The molecular formula is C23H20ClN3O3S2. The first-order valence-electron chi connectivity index (χ1n) is 9.83. The van der Waals surface area contributed by atoms with Crippen LogP contribution in [0.1, 0.15) is 12.0 Å². The summed E-state index contributed by atoms with van der Waals surface area (Å²) < 4.78 is 28.1. The van der Waals surface area contributed by atoms with Crippen LogP contribution in [0.4, 0.5) is 5.69 Å². The molecule has 0 saturated carbocycles. The van der Waals surface area contributed by atoms with Gasteiger partial charge in [0, 0.05) is 29.2 Å². The van der Waals surface area contributed by atoms with E-state index in [1.165, 1.54) is 29.8 Å². The molecule has 0 aliphatic rings. The summed E-state index contributed by atoms with van der Waals surface area (Å²) in [4.78, 5) is 17.0. The molecule has 0 atom stereocenters. The Morgan fingerprint density at radius 1 is 1.03 bits per heavy atom. The lowest BCUT2D eigenvalue weighted by Gasteiger charge is -2.08. The number of hydrogen-bond donors (Lipinski definition) is 2. The van der Waals surface area contributed by atoms with Crippen LogP contribution in [0, 0.1) is 6.92 Å². The maximum absolute atomic E-state index is 12.2. The largest absolute Gasteiger partial charge is 0.326 e. The van der Waals surface area contributed by atoms with E-state index >= 15 is 0 Å². The van der Waals surface area contributed by atoms with Gasteiger partial charge in [0.15, 0.2) is 0 Å². The summed E-state index contributed by atoms with van der Waals surface area (Å²) in [6, 6.07) is 19.4. The Bertz CT molecular complexity index is 1370. The Balaban J connectivity index is 1.33. The molecule has 0 unspecified atom stereocenters. The maximum atomic E-state index is 12.2. The number of sulfonamides is 1. The predicted octanol–water partition coefficient (Wildman–Crippen LogP) is 5.23. The number of carbonyl (C=O) groups excluding carboxylic acids is 1. The number of hydrogen-bond acceptors (Lipinski definition) is 5. The summed E-state index contributed by atoms with van der Waals surface area (Å²) >= 11 is 7.41. The fourth-order valence-electron chi connectivity index (χ4n) is 3.07. The van der Waals surface area contributed by atoms with Gasteiger partial charge in [-0.2, -0.15) is 0 Å². The minimum atomic E-state index is -3.69. The summed E-state index contributed by atoms with van der Waals surface area (Å²) in [5.74, 6) is -0.285. The number of thiazole rings is 1. The van der Waals surface area contributed by atoms with Gasteiger partial charge in [-0.1, -0.05) is 17.7 Å². The third-order valence-corrected chi connectivity index (χ3v) is 7.52. The first-order chi connectivity index (χ1) is 15.3. The Hall–Kier alpha value is -2.78. The molecule has 0 spiro atoms. The van der Waals surface area contributed by atoms with Gasteiger partial charge in [-0.25, -0.2) is 18.1 Å². The van der Waals surface area contributed by atoms with Gasteiger partial charge in [0.25, 0.3) is 0 Å². The van der Waals surface area contributed by atoms with E-state index in [0.717, 1.165) is 20.8 Å². The zero-order valence-corrected chi connectivity index (χ0v) is 19.5. The van der Waals surface area contributed by atoms with Crippen molar-refractivity contribution in [3.8, 4) is 10.6 Å². The van der Waals surface area contributed by atoms with Crippen LogP contribution in [0.2, 0.25) is 5.02 Å². The van der Waals surface area contributed by atoms with E-state index < -0.39 is 10.0 Å². The van der Waals surface area contributed by atoms with Gasteiger partial charge in [0.2, 0.25) is 15.9 Å². The van der Waals surface area contributed by atoms with Crippen molar-refractivity contribution < 1.29 is 13.2 Å². The molecule has 32 heavy (non-hydrogen) atoms. The van der Waals surface area contributed by atoms with Crippen LogP contribution in [0.25, 0.3) is 20.8 Å². The van der Waals surface area contributed by atoms with Crippen LogP contribution in [0.15, 0.2) is 71.6 Å². The Kier molecular flexibility index (Phi) is 6.57. The second-order valence-electron chi connectivity index (χ2n) is 7.22. The van der Waals surface area contributed by atoms with Crippen molar-refractivity contribution in [3.63, 3.8) is 0 Å². The van der Waals surface area contributed by atoms with Crippen LogP contribution < -0.4 is 10.0 Å². The summed E-state index contributed by atoms with van der Waals surface area (Å²) in [6.07, 6.45) is 0.00575. The molecule has 0 bridgehead atoms. The van der Waals surface area contributed by atoms with Crippen molar-refractivity contribution in [2.24, 2.45) is 0 Å². The highest BCUT2D eigenvalue weighted by Gasteiger charge is 2.14. The van der Waals surface area contributed by atoms with Crippen LogP contribution in [-0.4, -0.2) is 25.9 Å². The third-order valence-electron chi connectivity index (χ3n) is 4.73.